The number of aromatic amines is 1. The van der Waals surface area contributed by atoms with Crippen molar-refractivity contribution in [1.29, 1.82) is 0 Å². The number of aromatic nitrogens is 4. The number of methoxy groups -OCH3 is 1. The van der Waals surface area contributed by atoms with E-state index in [0.717, 1.165) is 0 Å². The van der Waals surface area contributed by atoms with Gasteiger partial charge in [0.1, 0.15) is 5.52 Å². The van der Waals surface area contributed by atoms with Gasteiger partial charge >= 0.3 is 5.97 Å². The van der Waals surface area contributed by atoms with E-state index in [4.69, 9.17) is 0 Å². The molecule has 0 atom stereocenters. The summed E-state index contributed by atoms with van der Waals surface area (Å²) in [5.41, 5.74) is 0.192. The van der Waals surface area contributed by atoms with Crippen LogP contribution in [-0.4, -0.2) is 32.8 Å². The van der Waals surface area contributed by atoms with E-state index in [-0.39, 0.29) is 22.3 Å². The Kier molecular flexibility index (Phi) is 2.00. The number of carbonyl (C=O) groups is 1. The second-order valence-electron chi connectivity index (χ2n) is 2.89. The number of hydrogen-bond donors (Lipinski definition) is 1. The Morgan fingerprint density at radius 2 is 2.33 bits per heavy atom. The van der Waals surface area contributed by atoms with Gasteiger partial charge in [0.15, 0.2) is 11.2 Å². The SMILES string of the molecule is COC(=O)c1nn(C)c2c(=O)[nH]cnc12. The molecule has 0 aliphatic carbocycles. The van der Waals surface area contributed by atoms with Gasteiger partial charge in [0.25, 0.3) is 5.56 Å². The van der Waals surface area contributed by atoms with E-state index in [9.17, 15) is 9.59 Å². The molecule has 0 amide bonds. The maximum Gasteiger partial charge on any atom is 0.360 e. The molecule has 0 unspecified atom stereocenters. The quantitative estimate of drug-likeness (QED) is 0.634. The maximum absolute atomic E-state index is 11.4. The Hall–Kier alpha value is -2.18. The van der Waals surface area contributed by atoms with Crippen molar-refractivity contribution < 1.29 is 9.53 Å². The third-order valence-electron chi connectivity index (χ3n) is 2.01. The first-order valence-corrected chi connectivity index (χ1v) is 4.14. The molecule has 2 heterocycles. The Morgan fingerprint density at radius 3 is 3.00 bits per heavy atom. The van der Waals surface area contributed by atoms with Crippen LogP contribution in [0.5, 0.6) is 0 Å². The number of hydrogen-bond acceptors (Lipinski definition) is 5. The number of fused-ring (bicyclic) bond motifs is 1. The van der Waals surface area contributed by atoms with Crippen molar-refractivity contribution in [3.63, 3.8) is 0 Å². The summed E-state index contributed by atoms with van der Waals surface area (Å²) >= 11 is 0. The summed E-state index contributed by atoms with van der Waals surface area (Å²) in [4.78, 5) is 29.0. The standard InChI is InChI=1S/C8H8N4O3/c1-12-6-4(9-3-10-7(6)13)5(11-12)8(14)15-2/h3H,1-2H3,(H,9,10,13). The highest BCUT2D eigenvalue weighted by molar-refractivity contribution is 5.99. The molecule has 0 aromatic carbocycles. The second kappa shape index (κ2) is 3.19. The van der Waals surface area contributed by atoms with Crippen LogP contribution >= 0.6 is 0 Å². The Morgan fingerprint density at radius 1 is 1.60 bits per heavy atom. The highest BCUT2D eigenvalue weighted by Crippen LogP contribution is 2.11. The summed E-state index contributed by atoms with van der Waals surface area (Å²) in [5, 5.41) is 3.88. The average Bonchev–Trinajstić information content (AvgIpc) is 2.56. The number of carbonyl (C=O) groups excluding carboxylic acids is 1. The van der Waals surface area contributed by atoms with Crippen molar-refractivity contribution in [3.05, 3.63) is 22.4 Å². The molecule has 0 aliphatic rings. The van der Waals surface area contributed by atoms with Crippen molar-refractivity contribution in [1.82, 2.24) is 19.7 Å². The predicted octanol–water partition coefficient (Wildman–Crippen LogP) is -0.557. The van der Waals surface area contributed by atoms with E-state index in [2.05, 4.69) is 19.8 Å². The number of rotatable bonds is 1. The van der Waals surface area contributed by atoms with Crippen molar-refractivity contribution in [2.45, 2.75) is 0 Å². The summed E-state index contributed by atoms with van der Waals surface area (Å²) in [6.45, 7) is 0. The lowest BCUT2D eigenvalue weighted by Crippen LogP contribution is -2.09. The molecular formula is C8H8N4O3. The van der Waals surface area contributed by atoms with E-state index in [1.165, 1.54) is 18.1 Å². The van der Waals surface area contributed by atoms with Gasteiger partial charge in [-0.05, 0) is 0 Å². The van der Waals surface area contributed by atoms with Crippen molar-refractivity contribution in [2.75, 3.05) is 7.11 Å². The fourth-order valence-electron chi connectivity index (χ4n) is 1.35. The van der Waals surface area contributed by atoms with Crippen LogP contribution in [0.2, 0.25) is 0 Å². The number of ether oxygens (including phenoxy) is 1. The van der Waals surface area contributed by atoms with Crippen molar-refractivity contribution >= 4 is 17.0 Å². The first kappa shape index (κ1) is 9.38. The molecule has 0 saturated heterocycles. The summed E-state index contributed by atoms with van der Waals surface area (Å²) in [6, 6.07) is 0. The molecule has 0 radical (unpaired) electrons. The summed E-state index contributed by atoms with van der Waals surface area (Å²) < 4.78 is 5.83. The highest BCUT2D eigenvalue weighted by Gasteiger charge is 2.19. The molecule has 7 heteroatoms. The second-order valence-corrected chi connectivity index (χ2v) is 2.89. The van der Waals surface area contributed by atoms with E-state index in [0.29, 0.717) is 0 Å². The number of H-pyrrole nitrogens is 1. The van der Waals surface area contributed by atoms with Gasteiger partial charge in [0.2, 0.25) is 0 Å². The summed E-state index contributed by atoms with van der Waals surface area (Å²) in [7, 11) is 2.81. The molecule has 15 heavy (non-hydrogen) atoms. The normalized spacial score (nSPS) is 10.5. The minimum atomic E-state index is -0.612. The summed E-state index contributed by atoms with van der Waals surface area (Å²) in [5.74, 6) is -0.612. The minimum Gasteiger partial charge on any atom is -0.464 e. The fraction of sp³-hybridized carbons (Fsp3) is 0.250. The summed E-state index contributed by atoms with van der Waals surface area (Å²) in [6.07, 6.45) is 1.22. The molecule has 7 nitrogen and oxygen atoms in total. The molecule has 0 spiro atoms. The van der Waals surface area contributed by atoms with E-state index >= 15 is 0 Å². The molecule has 2 rings (SSSR count). The Labute approximate surface area is 83.7 Å². The first-order chi connectivity index (χ1) is 7.15. The van der Waals surface area contributed by atoms with E-state index < -0.39 is 5.97 Å². The monoisotopic (exact) mass is 208 g/mol. The zero-order valence-electron chi connectivity index (χ0n) is 8.14. The predicted molar refractivity (Wildman–Crippen MR) is 50.5 cm³/mol. The van der Waals surface area contributed by atoms with Crippen LogP contribution in [0, 0.1) is 0 Å². The van der Waals surface area contributed by atoms with Gasteiger partial charge in [0.05, 0.1) is 13.4 Å². The highest BCUT2D eigenvalue weighted by atomic mass is 16.5. The van der Waals surface area contributed by atoms with Crippen LogP contribution in [-0.2, 0) is 11.8 Å². The number of nitrogens with one attached hydrogen (secondary N) is 1. The molecule has 0 fully saturated rings. The molecule has 0 saturated carbocycles. The van der Waals surface area contributed by atoms with Crippen LogP contribution in [0.3, 0.4) is 0 Å². The van der Waals surface area contributed by atoms with Gasteiger partial charge in [-0.1, -0.05) is 0 Å². The number of aryl methyl sites for hydroxylation is 1. The fourth-order valence-corrected chi connectivity index (χ4v) is 1.35. The van der Waals surface area contributed by atoms with Gasteiger partial charge in [0, 0.05) is 7.05 Å². The van der Waals surface area contributed by atoms with Crippen molar-refractivity contribution in [2.24, 2.45) is 7.05 Å². The Balaban J connectivity index is 2.85. The topological polar surface area (TPSA) is 89.9 Å². The molecule has 2 aromatic rings. The van der Waals surface area contributed by atoms with Crippen LogP contribution in [0.15, 0.2) is 11.1 Å². The molecule has 1 N–H and O–H groups in total. The van der Waals surface area contributed by atoms with E-state index in [1.54, 1.807) is 7.05 Å². The van der Waals surface area contributed by atoms with Gasteiger partial charge < -0.3 is 9.72 Å². The lowest BCUT2D eigenvalue weighted by atomic mass is 10.3. The zero-order valence-corrected chi connectivity index (χ0v) is 8.14. The van der Waals surface area contributed by atoms with Crippen LogP contribution in [0.25, 0.3) is 11.0 Å². The molecular weight excluding hydrogens is 200 g/mol. The largest absolute Gasteiger partial charge is 0.464 e. The average molecular weight is 208 g/mol. The third kappa shape index (κ3) is 1.28. The zero-order chi connectivity index (χ0) is 11.0. The molecule has 0 aliphatic heterocycles. The van der Waals surface area contributed by atoms with Gasteiger partial charge in [-0.25, -0.2) is 9.78 Å². The van der Waals surface area contributed by atoms with Gasteiger partial charge in [-0.3, -0.25) is 9.48 Å². The molecule has 0 bridgehead atoms. The van der Waals surface area contributed by atoms with E-state index in [1.807, 2.05) is 0 Å². The van der Waals surface area contributed by atoms with Crippen LogP contribution < -0.4 is 5.56 Å². The first-order valence-electron chi connectivity index (χ1n) is 4.14. The lowest BCUT2D eigenvalue weighted by Gasteiger charge is -1.92. The molecule has 78 valence electrons. The maximum atomic E-state index is 11.4. The van der Waals surface area contributed by atoms with Crippen LogP contribution in [0.4, 0.5) is 0 Å². The number of esters is 1. The number of nitrogens with zero attached hydrogens (tertiary/aromatic N) is 3. The lowest BCUT2D eigenvalue weighted by molar-refractivity contribution is 0.0595. The van der Waals surface area contributed by atoms with Crippen molar-refractivity contribution in [3.8, 4) is 0 Å². The van der Waals surface area contributed by atoms with Crippen LogP contribution in [0.1, 0.15) is 10.5 Å². The Bertz CT molecular complexity index is 583. The molecule has 2 aromatic heterocycles. The smallest absolute Gasteiger partial charge is 0.360 e. The van der Waals surface area contributed by atoms with Gasteiger partial charge in [-0.15, -0.1) is 0 Å². The minimum absolute atomic E-state index is 0.0427. The third-order valence-corrected chi connectivity index (χ3v) is 2.01. The van der Waals surface area contributed by atoms with Gasteiger partial charge in [-0.2, -0.15) is 5.10 Å².